The molecule has 0 bridgehead atoms. The summed E-state index contributed by atoms with van der Waals surface area (Å²) >= 11 is 0. The first-order valence-corrected chi connectivity index (χ1v) is 4.41. The van der Waals surface area contributed by atoms with Crippen LogP contribution in [0, 0.1) is 0 Å². The molecule has 0 aromatic carbocycles. The van der Waals surface area contributed by atoms with Crippen molar-refractivity contribution >= 4 is 11.9 Å². The number of rotatable bonds is 5. The average Bonchev–Trinajstić information content (AvgIpc) is 2.28. The maximum atomic E-state index is 12.3. The van der Waals surface area contributed by atoms with Gasteiger partial charge >= 0.3 is 11.9 Å². The largest absolute Gasteiger partial charge is 0.478 e. The molecule has 4 nitrogen and oxygen atoms in total. The van der Waals surface area contributed by atoms with Gasteiger partial charge in [0.15, 0.2) is 0 Å². The number of hydrogen-bond donors (Lipinski definition) is 1. The number of ether oxygens (including phenoxy) is 1. The highest BCUT2D eigenvalue weighted by atomic mass is 19.3. The molecule has 0 spiro atoms. The summed E-state index contributed by atoms with van der Waals surface area (Å²) < 4.78 is 51.1. The maximum Gasteiger partial charge on any atom is 0.335 e. The lowest BCUT2D eigenvalue weighted by Crippen LogP contribution is -2.29. The molecule has 2 atom stereocenters. The highest BCUT2D eigenvalue weighted by Gasteiger charge is 2.32. The topological polar surface area (TPSA) is 63.6 Å². The third kappa shape index (κ3) is 9.37. The van der Waals surface area contributed by atoms with Crippen molar-refractivity contribution in [3.8, 4) is 0 Å². The minimum atomic E-state index is -3.52. The van der Waals surface area contributed by atoms with Crippen LogP contribution in [0.2, 0.25) is 0 Å². The highest BCUT2D eigenvalue weighted by Crippen LogP contribution is 2.15. The zero-order chi connectivity index (χ0) is 14.9. The molecule has 8 heteroatoms. The molecule has 0 aromatic heterocycles. The Labute approximate surface area is 101 Å². The van der Waals surface area contributed by atoms with Gasteiger partial charge in [-0.2, -0.15) is 4.39 Å². The lowest BCUT2D eigenvalue weighted by atomic mass is 10.3. The van der Waals surface area contributed by atoms with Crippen LogP contribution in [0.15, 0.2) is 24.8 Å². The summed E-state index contributed by atoms with van der Waals surface area (Å²) in [5.74, 6) is -2.22. The Morgan fingerprint density at radius 1 is 1.28 bits per heavy atom. The fraction of sp³-hybridized carbons (Fsp3) is 0.400. The molecule has 0 saturated carbocycles. The first kappa shape index (κ1) is 18.5. The zero-order valence-corrected chi connectivity index (χ0v) is 9.41. The number of carbonyl (C=O) groups excluding carboxylic acids is 1. The second kappa shape index (κ2) is 9.20. The number of carboxylic acid groups (broad SMARTS) is 1. The van der Waals surface area contributed by atoms with Crippen LogP contribution in [0.5, 0.6) is 0 Å². The molecule has 0 aliphatic heterocycles. The first-order valence-electron chi connectivity index (χ1n) is 4.41. The third-order valence-corrected chi connectivity index (χ3v) is 1.23. The van der Waals surface area contributed by atoms with Crippen molar-refractivity contribution in [2.45, 2.75) is 25.9 Å². The Morgan fingerprint density at radius 3 is 1.89 bits per heavy atom. The van der Waals surface area contributed by atoms with Crippen LogP contribution in [0.1, 0.15) is 6.92 Å². The molecular weight excluding hydrogens is 260 g/mol. The van der Waals surface area contributed by atoms with Crippen molar-refractivity contribution in [2.75, 3.05) is 0 Å². The predicted molar refractivity (Wildman–Crippen MR) is 54.5 cm³/mol. The van der Waals surface area contributed by atoms with Crippen LogP contribution in [0.3, 0.4) is 0 Å². The Kier molecular flexibility index (Phi) is 9.46. The molecule has 104 valence electrons. The first-order chi connectivity index (χ1) is 8.13. The van der Waals surface area contributed by atoms with Crippen LogP contribution in [0.25, 0.3) is 0 Å². The molecule has 0 aromatic rings. The maximum absolute atomic E-state index is 12.3. The standard InChI is InChI=1S/C7H8F4O2.C3H4O2/c1-3(2)7(12)13-6(11)4(8)5(9)10;1-2-3(4)5/h4-6H,1H2,2H3;2H,1H2,(H,4,5). The molecule has 0 rings (SSSR count). The summed E-state index contributed by atoms with van der Waals surface area (Å²) in [7, 11) is 0. The molecule has 0 fully saturated rings. The lowest BCUT2D eigenvalue weighted by molar-refractivity contribution is -0.167. The minimum Gasteiger partial charge on any atom is -0.478 e. The van der Waals surface area contributed by atoms with Gasteiger partial charge in [-0.05, 0) is 6.92 Å². The van der Waals surface area contributed by atoms with Crippen molar-refractivity contribution < 1.29 is 37.0 Å². The SMILES string of the molecule is C=C(C)C(=O)OC(F)C(F)C(F)F.C=CC(=O)O. The molecule has 0 aliphatic rings. The second-order valence-electron chi connectivity index (χ2n) is 2.86. The van der Waals surface area contributed by atoms with Crippen LogP contribution in [-0.4, -0.2) is 36.0 Å². The fourth-order valence-corrected chi connectivity index (χ4v) is 0.382. The van der Waals surface area contributed by atoms with E-state index in [-0.39, 0.29) is 5.57 Å². The number of carbonyl (C=O) groups is 2. The quantitative estimate of drug-likeness (QED) is 0.473. The van der Waals surface area contributed by atoms with E-state index >= 15 is 0 Å². The van der Waals surface area contributed by atoms with Crippen molar-refractivity contribution in [2.24, 2.45) is 0 Å². The van der Waals surface area contributed by atoms with E-state index in [9.17, 15) is 27.2 Å². The van der Waals surface area contributed by atoms with E-state index in [0.717, 1.165) is 6.08 Å². The molecule has 18 heavy (non-hydrogen) atoms. The summed E-state index contributed by atoms with van der Waals surface area (Å²) in [4.78, 5) is 19.8. The fourth-order valence-electron chi connectivity index (χ4n) is 0.382. The third-order valence-electron chi connectivity index (χ3n) is 1.23. The Bertz CT molecular complexity index is 317. The molecule has 0 aliphatic carbocycles. The normalized spacial score (nSPS) is 12.8. The smallest absolute Gasteiger partial charge is 0.335 e. The monoisotopic (exact) mass is 272 g/mol. The van der Waals surface area contributed by atoms with E-state index in [1.54, 1.807) is 0 Å². The van der Waals surface area contributed by atoms with E-state index in [4.69, 9.17) is 5.11 Å². The van der Waals surface area contributed by atoms with E-state index in [1.807, 2.05) is 0 Å². The van der Waals surface area contributed by atoms with Gasteiger partial charge in [-0.25, -0.2) is 22.8 Å². The summed E-state index contributed by atoms with van der Waals surface area (Å²) in [5.41, 5.74) is -0.191. The minimum absolute atomic E-state index is 0.191. The molecule has 1 N–H and O–H groups in total. The molecule has 0 amide bonds. The highest BCUT2D eigenvalue weighted by molar-refractivity contribution is 5.87. The molecular formula is C10H12F4O4. The van der Waals surface area contributed by atoms with Gasteiger partial charge in [-0.15, -0.1) is 0 Å². The van der Waals surface area contributed by atoms with Gasteiger partial charge in [-0.1, -0.05) is 13.2 Å². The second-order valence-corrected chi connectivity index (χ2v) is 2.86. The average molecular weight is 272 g/mol. The molecule has 0 heterocycles. The zero-order valence-electron chi connectivity index (χ0n) is 9.41. The predicted octanol–water partition coefficient (Wildman–Crippen LogP) is 2.26. The molecule has 0 radical (unpaired) electrons. The van der Waals surface area contributed by atoms with Gasteiger partial charge in [0.1, 0.15) is 0 Å². The van der Waals surface area contributed by atoms with Crippen molar-refractivity contribution in [1.29, 1.82) is 0 Å². The number of carboxylic acids is 1. The number of aliphatic carboxylic acids is 1. The van der Waals surface area contributed by atoms with Crippen molar-refractivity contribution in [1.82, 2.24) is 0 Å². The molecule has 0 saturated heterocycles. The summed E-state index contributed by atoms with van der Waals surface area (Å²) in [6, 6.07) is 0. The van der Waals surface area contributed by atoms with E-state index in [2.05, 4.69) is 17.9 Å². The number of esters is 1. The van der Waals surface area contributed by atoms with Crippen LogP contribution in [-0.2, 0) is 14.3 Å². The van der Waals surface area contributed by atoms with E-state index in [0.29, 0.717) is 0 Å². The Balaban J connectivity index is 0. The van der Waals surface area contributed by atoms with Gasteiger partial charge in [0.2, 0.25) is 6.17 Å². The van der Waals surface area contributed by atoms with Gasteiger partial charge < -0.3 is 9.84 Å². The van der Waals surface area contributed by atoms with E-state index in [1.165, 1.54) is 6.92 Å². The van der Waals surface area contributed by atoms with Gasteiger partial charge in [-0.3, -0.25) is 0 Å². The Hall–Kier alpha value is -1.86. The van der Waals surface area contributed by atoms with Crippen molar-refractivity contribution in [3.63, 3.8) is 0 Å². The Morgan fingerprint density at radius 2 is 1.67 bits per heavy atom. The van der Waals surface area contributed by atoms with Crippen LogP contribution in [0.4, 0.5) is 17.6 Å². The number of alkyl halides is 4. The van der Waals surface area contributed by atoms with Gasteiger partial charge in [0.05, 0.1) is 0 Å². The van der Waals surface area contributed by atoms with Crippen LogP contribution < -0.4 is 0 Å². The van der Waals surface area contributed by atoms with Crippen LogP contribution >= 0.6 is 0 Å². The van der Waals surface area contributed by atoms with Gasteiger partial charge in [0, 0.05) is 11.6 Å². The summed E-state index contributed by atoms with van der Waals surface area (Å²) in [5, 5.41) is 7.60. The van der Waals surface area contributed by atoms with E-state index < -0.39 is 30.9 Å². The lowest BCUT2D eigenvalue weighted by Gasteiger charge is -2.13. The number of halogens is 4. The molecule has 2 unspecified atom stereocenters. The summed E-state index contributed by atoms with van der Waals surface area (Å²) in [6.07, 6.45) is -8.76. The summed E-state index contributed by atoms with van der Waals surface area (Å²) in [6.45, 7) is 7.21. The van der Waals surface area contributed by atoms with Crippen molar-refractivity contribution in [3.05, 3.63) is 24.8 Å². The van der Waals surface area contributed by atoms with Gasteiger partial charge in [0.25, 0.3) is 12.8 Å². The number of hydrogen-bond acceptors (Lipinski definition) is 3.